The highest BCUT2D eigenvalue weighted by atomic mass is 15.1. The molecule has 0 aliphatic heterocycles. The van der Waals surface area contributed by atoms with Crippen LogP contribution in [0.4, 0.5) is 0 Å². The molecule has 0 aliphatic rings. The lowest BCUT2D eigenvalue weighted by Crippen LogP contribution is -2.37. The number of hydrogen-bond acceptors (Lipinski definition) is 0. The van der Waals surface area contributed by atoms with Gasteiger partial charge in [-0.05, 0) is 26.2 Å². The molecule has 0 spiro atoms. The van der Waals surface area contributed by atoms with Gasteiger partial charge in [-0.1, -0.05) is 46.0 Å². The molecule has 0 aromatic carbocycles. The third-order valence-corrected chi connectivity index (χ3v) is 3.94. The van der Waals surface area contributed by atoms with Crippen LogP contribution in [0.2, 0.25) is 0 Å². The maximum Gasteiger partial charge on any atom is 0.256 e. The number of nitrogens with zero attached hydrogens (tertiary/aromatic N) is 2. The summed E-state index contributed by atoms with van der Waals surface area (Å²) in [6.45, 7) is 9.10. The number of unbranched alkanes of at least 4 members (excludes halogenated alkanes) is 6. The summed E-state index contributed by atoms with van der Waals surface area (Å²) in [7, 11) is 0. The minimum atomic E-state index is 1.10. The van der Waals surface area contributed by atoms with Crippen molar-refractivity contribution < 1.29 is 4.57 Å². The summed E-state index contributed by atoms with van der Waals surface area (Å²) in [6, 6.07) is 0. The van der Waals surface area contributed by atoms with E-state index in [2.05, 4.69) is 42.3 Å². The second-order valence-electron chi connectivity index (χ2n) is 5.57. The largest absolute Gasteiger partial charge is 0.256 e. The van der Waals surface area contributed by atoms with Crippen LogP contribution < -0.4 is 4.57 Å². The molecular formula is C17H33N2+. The van der Waals surface area contributed by atoms with E-state index in [9.17, 15) is 0 Å². The normalized spacial score (nSPS) is 11.1. The molecule has 110 valence electrons. The Balaban J connectivity index is 2.45. The number of rotatable bonds is 11. The van der Waals surface area contributed by atoms with Crippen molar-refractivity contribution in [3.8, 4) is 0 Å². The quantitative estimate of drug-likeness (QED) is 0.411. The Labute approximate surface area is 119 Å². The van der Waals surface area contributed by atoms with Gasteiger partial charge < -0.3 is 0 Å². The SMILES string of the molecule is CCCCCCCc1n(CC)cc[n+]1CCCCC. The molecule has 0 bridgehead atoms. The molecule has 0 fully saturated rings. The highest BCUT2D eigenvalue weighted by molar-refractivity contribution is 4.83. The molecule has 2 nitrogen and oxygen atoms in total. The molecule has 0 atom stereocenters. The highest BCUT2D eigenvalue weighted by Gasteiger charge is 2.14. The highest BCUT2D eigenvalue weighted by Crippen LogP contribution is 2.08. The first kappa shape index (κ1) is 16.3. The number of aryl methyl sites for hydroxylation is 2. The maximum atomic E-state index is 2.49. The van der Waals surface area contributed by atoms with E-state index in [1.807, 2.05) is 0 Å². The van der Waals surface area contributed by atoms with Crippen molar-refractivity contribution in [3.05, 3.63) is 18.2 Å². The molecule has 1 aromatic rings. The second-order valence-corrected chi connectivity index (χ2v) is 5.57. The zero-order valence-electron chi connectivity index (χ0n) is 13.3. The minimum absolute atomic E-state index is 1.10. The lowest BCUT2D eigenvalue weighted by atomic mass is 10.1. The summed E-state index contributed by atoms with van der Waals surface area (Å²) in [6.07, 6.45) is 16.6. The van der Waals surface area contributed by atoms with Crippen molar-refractivity contribution in [1.82, 2.24) is 4.57 Å². The van der Waals surface area contributed by atoms with Crippen LogP contribution in [0.3, 0.4) is 0 Å². The summed E-state index contributed by atoms with van der Waals surface area (Å²) in [4.78, 5) is 0. The molecule has 0 amide bonds. The van der Waals surface area contributed by atoms with Gasteiger partial charge in [0.1, 0.15) is 12.4 Å². The monoisotopic (exact) mass is 265 g/mol. The van der Waals surface area contributed by atoms with Crippen LogP contribution in [0.25, 0.3) is 0 Å². The van der Waals surface area contributed by atoms with Crippen molar-refractivity contribution in [2.75, 3.05) is 0 Å². The van der Waals surface area contributed by atoms with Gasteiger partial charge in [0.05, 0.1) is 13.1 Å². The third kappa shape index (κ3) is 5.80. The van der Waals surface area contributed by atoms with Gasteiger partial charge in [-0.3, -0.25) is 0 Å². The first-order valence-corrected chi connectivity index (χ1v) is 8.40. The van der Waals surface area contributed by atoms with Gasteiger partial charge in [-0.25, -0.2) is 9.13 Å². The van der Waals surface area contributed by atoms with E-state index < -0.39 is 0 Å². The van der Waals surface area contributed by atoms with E-state index in [4.69, 9.17) is 0 Å². The van der Waals surface area contributed by atoms with Gasteiger partial charge in [0.2, 0.25) is 0 Å². The molecule has 0 radical (unpaired) electrons. The Hall–Kier alpha value is -0.790. The Morgan fingerprint density at radius 3 is 2.26 bits per heavy atom. The topological polar surface area (TPSA) is 8.81 Å². The molecule has 0 unspecified atom stereocenters. The van der Waals surface area contributed by atoms with Gasteiger partial charge in [-0.15, -0.1) is 0 Å². The zero-order valence-corrected chi connectivity index (χ0v) is 13.3. The molecule has 1 heterocycles. The van der Waals surface area contributed by atoms with Crippen LogP contribution in [0, 0.1) is 0 Å². The third-order valence-electron chi connectivity index (χ3n) is 3.94. The molecule has 0 saturated carbocycles. The van der Waals surface area contributed by atoms with Crippen LogP contribution in [0.5, 0.6) is 0 Å². The Morgan fingerprint density at radius 1 is 0.895 bits per heavy atom. The fourth-order valence-electron chi connectivity index (χ4n) is 2.70. The molecule has 0 N–H and O–H groups in total. The predicted molar refractivity (Wildman–Crippen MR) is 82.3 cm³/mol. The van der Waals surface area contributed by atoms with E-state index in [1.165, 1.54) is 70.2 Å². The number of imidazole rings is 1. The second kappa shape index (κ2) is 10.1. The van der Waals surface area contributed by atoms with Crippen molar-refractivity contribution in [2.45, 2.75) is 91.6 Å². The van der Waals surface area contributed by atoms with Crippen LogP contribution in [-0.4, -0.2) is 4.57 Å². The Morgan fingerprint density at radius 2 is 1.58 bits per heavy atom. The minimum Gasteiger partial charge on any atom is -0.235 e. The van der Waals surface area contributed by atoms with Gasteiger partial charge in [0.15, 0.2) is 0 Å². The van der Waals surface area contributed by atoms with Gasteiger partial charge >= 0.3 is 0 Å². The molecule has 0 aliphatic carbocycles. The van der Waals surface area contributed by atoms with Gasteiger partial charge in [0, 0.05) is 6.42 Å². The fraction of sp³-hybridized carbons (Fsp3) is 0.824. The number of hydrogen-bond donors (Lipinski definition) is 0. The molecule has 2 heteroatoms. The van der Waals surface area contributed by atoms with Crippen molar-refractivity contribution in [1.29, 1.82) is 0 Å². The summed E-state index contributed by atoms with van der Waals surface area (Å²) in [5, 5.41) is 0. The fourth-order valence-corrected chi connectivity index (χ4v) is 2.70. The lowest BCUT2D eigenvalue weighted by molar-refractivity contribution is -0.704. The molecule has 19 heavy (non-hydrogen) atoms. The average Bonchev–Trinajstić information content (AvgIpc) is 2.81. The van der Waals surface area contributed by atoms with Crippen LogP contribution in [0.15, 0.2) is 12.4 Å². The Kier molecular flexibility index (Phi) is 8.61. The van der Waals surface area contributed by atoms with Gasteiger partial charge in [-0.2, -0.15) is 0 Å². The smallest absolute Gasteiger partial charge is 0.235 e. The van der Waals surface area contributed by atoms with Crippen LogP contribution in [-0.2, 0) is 19.5 Å². The van der Waals surface area contributed by atoms with Crippen LogP contribution in [0.1, 0.15) is 78.0 Å². The summed E-state index contributed by atoms with van der Waals surface area (Å²) in [5.74, 6) is 1.54. The summed E-state index contributed by atoms with van der Waals surface area (Å²) < 4.78 is 4.91. The lowest BCUT2D eigenvalue weighted by Gasteiger charge is -2.04. The van der Waals surface area contributed by atoms with E-state index >= 15 is 0 Å². The predicted octanol–water partition coefficient (Wildman–Crippen LogP) is 4.50. The Bertz CT molecular complexity index is 328. The van der Waals surface area contributed by atoms with E-state index in [0.29, 0.717) is 0 Å². The molecule has 0 saturated heterocycles. The average molecular weight is 265 g/mol. The summed E-state index contributed by atoms with van der Waals surface area (Å²) in [5.41, 5.74) is 0. The first-order chi connectivity index (χ1) is 9.33. The number of aromatic nitrogens is 2. The summed E-state index contributed by atoms with van der Waals surface area (Å²) >= 11 is 0. The van der Waals surface area contributed by atoms with Crippen molar-refractivity contribution >= 4 is 0 Å². The maximum absolute atomic E-state index is 2.49. The van der Waals surface area contributed by atoms with Crippen LogP contribution >= 0.6 is 0 Å². The zero-order chi connectivity index (χ0) is 13.9. The van der Waals surface area contributed by atoms with Gasteiger partial charge in [0.25, 0.3) is 5.82 Å². The van der Waals surface area contributed by atoms with E-state index in [-0.39, 0.29) is 0 Å². The van der Waals surface area contributed by atoms with E-state index in [1.54, 1.807) is 0 Å². The molecule has 1 rings (SSSR count). The van der Waals surface area contributed by atoms with Crippen molar-refractivity contribution in [2.24, 2.45) is 0 Å². The standard InChI is InChI=1S/C17H33N2/c1-4-7-9-10-11-13-17-18(6-3)15-16-19(17)14-12-8-5-2/h15-16H,4-14H2,1-3H3/q+1. The van der Waals surface area contributed by atoms with E-state index in [0.717, 1.165) is 6.54 Å². The van der Waals surface area contributed by atoms with Crippen molar-refractivity contribution in [3.63, 3.8) is 0 Å². The first-order valence-electron chi connectivity index (χ1n) is 8.40. The molecular weight excluding hydrogens is 232 g/mol. The molecule has 1 aromatic heterocycles.